The Morgan fingerprint density at radius 1 is 0.392 bits per heavy atom. The van der Waals surface area contributed by atoms with Gasteiger partial charge in [0.15, 0.2) is 5.84 Å². The third-order valence-corrected chi connectivity index (χ3v) is 9.57. The zero-order valence-corrected chi connectivity index (χ0v) is 27.9. The largest absolute Gasteiger partial charge is 0.309 e. The van der Waals surface area contributed by atoms with Gasteiger partial charge in [0.2, 0.25) is 0 Å². The van der Waals surface area contributed by atoms with Crippen LogP contribution in [0, 0.1) is 0 Å². The Morgan fingerprint density at radius 3 is 1.55 bits per heavy atom. The van der Waals surface area contributed by atoms with Crippen LogP contribution in [0.1, 0.15) is 16.7 Å². The minimum absolute atomic E-state index is 0.652. The summed E-state index contributed by atoms with van der Waals surface area (Å²) in [5.74, 6) is 0.652. The van der Waals surface area contributed by atoms with Crippen LogP contribution in [0.5, 0.6) is 0 Å². The van der Waals surface area contributed by atoms with Crippen LogP contribution in [0.3, 0.4) is 0 Å². The maximum absolute atomic E-state index is 5.22. The van der Waals surface area contributed by atoms with E-state index in [-0.39, 0.29) is 0 Å². The molecule has 0 amide bonds. The summed E-state index contributed by atoms with van der Waals surface area (Å²) in [6.07, 6.45) is 2.05. The third-order valence-electron chi connectivity index (χ3n) is 9.57. The van der Waals surface area contributed by atoms with E-state index in [1.54, 1.807) is 0 Å². The molecule has 0 saturated carbocycles. The van der Waals surface area contributed by atoms with E-state index in [2.05, 4.69) is 169 Å². The molecule has 1 aliphatic rings. The van der Waals surface area contributed by atoms with E-state index in [0.29, 0.717) is 5.84 Å². The summed E-state index contributed by atoms with van der Waals surface area (Å²) in [6, 6.07) is 63.7. The van der Waals surface area contributed by atoms with Crippen molar-refractivity contribution in [3.05, 3.63) is 217 Å². The lowest BCUT2D eigenvalue weighted by Crippen LogP contribution is -2.07. The summed E-state index contributed by atoms with van der Waals surface area (Å²) in [5, 5.41) is 2.50. The Balaban J connectivity index is 1.12. The summed E-state index contributed by atoms with van der Waals surface area (Å²) in [4.78, 5) is 10.3. The van der Waals surface area contributed by atoms with Crippen LogP contribution in [-0.2, 0) is 0 Å². The van der Waals surface area contributed by atoms with Crippen LogP contribution in [0.25, 0.3) is 55.4 Å². The van der Waals surface area contributed by atoms with Crippen molar-refractivity contribution in [2.75, 3.05) is 0 Å². The van der Waals surface area contributed by atoms with Crippen LogP contribution >= 0.6 is 0 Å². The molecule has 8 aromatic rings. The third kappa shape index (κ3) is 5.61. The molecule has 0 unspecified atom stereocenters. The predicted molar refractivity (Wildman–Crippen MR) is 215 cm³/mol. The van der Waals surface area contributed by atoms with E-state index in [9.17, 15) is 0 Å². The highest BCUT2D eigenvalue weighted by molar-refractivity contribution is 6.23. The van der Waals surface area contributed by atoms with Crippen LogP contribution in [-0.4, -0.2) is 16.1 Å². The van der Waals surface area contributed by atoms with Crippen molar-refractivity contribution in [1.29, 1.82) is 0 Å². The summed E-state index contributed by atoms with van der Waals surface area (Å²) in [5.41, 5.74) is 13.5. The Bertz CT molecular complexity index is 2600. The number of nitrogens with zero attached hydrogens (tertiary/aromatic N) is 3. The van der Waals surface area contributed by atoms with Gasteiger partial charge < -0.3 is 4.57 Å². The van der Waals surface area contributed by atoms with Gasteiger partial charge in [-0.05, 0) is 46.5 Å². The molecule has 0 radical (unpaired) electrons. The number of allylic oxidation sites excluding steroid dienone is 2. The average Bonchev–Trinajstić information content (AvgIpc) is 3.43. The molecule has 1 aliphatic heterocycles. The van der Waals surface area contributed by atoms with Crippen molar-refractivity contribution in [2.45, 2.75) is 0 Å². The van der Waals surface area contributed by atoms with Crippen molar-refractivity contribution < 1.29 is 0 Å². The molecule has 0 atom stereocenters. The first-order valence-corrected chi connectivity index (χ1v) is 17.2. The van der Waals surface area contributed by atoms with Gasteiger partial charge in [0.1, 0.15) is 0 Å². The Hall–Kier alpha value is -6.84. The van der Waals surface area contributed by atoms with Gasteiger partial charge in [-0.15, -0.1) is 0 Å². The first-order chi connectivity index (χ1) is 25.2. The van der Waals surface area contributed by atoms with E-state index in [1.807, 2.05) is 30.3 Å². The molecule has 0 aliphatic carbocycles. The first kappa shape index (κ1) is 30.2. The quantitative estimate of drug-likeness (QED) is 0.171. The van der Waals surface area contributed by atoms with Gasteiger partial charge in [-0.3, -0.25) is 0 Å². The first-order valence-electron chi connectivity index (χ1n) is 17.2. The number of aromatic nitrogens is 1. The van der Waals surface area contributed by atoms with Gasteiger partial charge in [0.05, 0.1) is 28.1 Å². The van der Waals surface area contributed by atoms with Crippen LogP contribution in [0.15, 0.2) is 210 Å². The number of rotatable bonds is 6. The van der Waals surface area contributed by atoms with Crippen molar-refractivity contribution in [2.24, 2.45) is 9.98 Å². The van der Waals surface area contributed by atoms with Gasteiger partial charge in [-0.2, -0.15) is 0 Å². The van der Waals surface area contributed by atoms with Gasteiger partial charge in [0.25, 0.3) is 0 Å². The minimum Gasteiger partial charge on any atom is -0.309 e. The summed E-state index contributed by atoms with van der Waals surface area (Å²) in [7, 11) is 0. The van der Waals surface area contributed by atoms with Gasteiger partial charge >= 0.3 is 0 Å². The number of benzene rings is 7. The molecule has 7 aromatic carbocycles. The lowest BCUT2D eigenvalue weighted by atomic mass is 9.97. The SMILES string of the molecule is C=C1C=C(c2ccccc2)N=C(c2ccc(-c3ccccc3)cc2)N=C1c1ccc(-c2ccccc2-n2c3ccccc3c3ccccc32)cc1. The van der Waals surface area contributed by atoms with Gasteiger partial charge in [0, 0.05) is 33.0 Å². The molecule has 2 heterocycles. The zero-order chi connectivity index (χ0) is 34.1. The standard InChI is InChI=1S/C48H33N3/c1-33-32-43(37-16-6-3-7-17-37)49-48(39-30-24-35(25-31-39)34-14-4-2-5-15-34)50-47(33)38-28-26-36(27-29-38)40-18-8-11-21-44(40)51-45-22-12-9-19-41(45)42-20-10-13-23-46(42)51/h2-32H,1H2. The maximum Gasteiger partial charge on any atom is 0.160 e. The highest BCUT2D eigenvalue weighted by Crippen LogP contribution is 2.36. The summed E-state index contributed by atoms with van der Waals surface area (Å²) < 4.78 is 2.38. The van der Waals surface area contributed by atoms with Crippen LogP contribution in [0.2, 0.25) is 0 Å². The predicted octanol–water partition coefficient (Wildman–Crippen LogP) is 12.0. The smallest absolute Gasteiger partial charge is 0.160 e. The van der Waals surface area contributed by atoms with E-state index in [0.717, 1.165) is 56.0 Å². The fourth-order valence-electron chi connectivity index (χ4n) is 7.06. The molecule has 0 spiro atoms. The van der Waals surface area contributed by atoms with Gasteiger partial charge in [-0.1, -0.05) is 170 Å². The molecule has 0 bridgehead atoms. The van der Waals surface area contributed by atoms with Crippen molar-refractivity contribution in [1.82, 2.24) is 4.57 Å². The molecule has 1 aromatic heterocycles. The zero-order valence-electron chi connectivity index (χ0n) is 27.9. The number of fused-ring (bicyclic) bond motifs is 3. The molecule has 0 saturated heterocycles. The fraction of sp³-hybridized carbons (Fsp3) is 0. The van der Waals surface area contributed by atoms with E-state index in [1.165, 1.54) is 27.4 Å². The highest BCUT2D eigenvalue weighted by Gasteiger charge is 2.18. The number of aliphatic imine (C=N–C) groups is 2. The molecule has 3 heteroatoms. The normalized spacial score (nSPS) is 13.1. The molecular weight excluding hydrogens is 619 g/mol. The summed E-state index contributed by atoms with van der Waals surface area (Å²) in [6.45, 7) is 4.49. The van der Waals surface area contributed by atoms with E-state index in [4.69, 9.17) is 9.98 Å². The molecule has 0 N–H and O–H groups in total. The Kier molecular flexibility index (Phi) is 7.64. The van der Waals surface area contributed by atoms with Crippen LogP contribution < -0.4 is 0 Å². The lowest BCUT2D eigenvalue weighted by Gasteiger charge is -2.15. The summed E-state index contributed by atoms with van der Waals surface area (Å²) >= 11 is 0. The van der Waals surface area contributed by atoms with Crippen molar-refractivity contribution in [3.8, 4) is 27.9 Å². The van der Waals surface area contributed by atoms with E-state index < -0.39 is 0 Å². The minimum atomic E-state index is 0.652. The second-order valence-electron chi connectivity index (χ2n) is 12.7. The molecular formula is C48H33N3. The Labute approximate surface area is 297 Å². The number of hydrogen-bond acceptors (Lipinski definition) is 2. The molecule has 51 heavy (non-hydrogen) atoms. The van der Waals surface area contributed by atoms with Crippen LogP contribution in [0.4, 0.5) is 0 Å². The molecule has 0 fully saturated rings. The van der Waals surface area contributed by atoms with Crippen molar-refractivity contribution >= 4 is 39.1 Å². The number of amidine groups is 1. The average molecular weight is 652 g/mol. The maximum atomic E-state index is 5.22. The molecule has 240 valence electrons. The highest BCUT2D eigenvalue weighted by atomic mass is 15.0. The lowest BCUT2D eigenvalue weighted by molar-refractivity contribution is 1.18. The topological polar surface area (TPSA) is 29.6 Å². The monoisotopic (exact) mass is 651 g/mol. The molecule has 9 rings (SSSR count). The molecule has 3 nitrogen and oxygen atoms in total. The number of para-hydroxylation sites is 3. The van der Waals surface area contributed by atoms with E-state index >= 15 is 0 Å². The number of hydrogen-bond donors (Lipinski definition) is 0. The van der Waals surface area contributed by atoms with Gasteiger partial charge in [-0.25, -0.2) is 9.98 Å². The second kappa shape index (κ2) is 12.9. The Morgan fingerprint density at radius 2 is 0.882 bits per heavy atom. The second-order valence-corrected chi connectivity index (χ2v) is 12.7. The van der Waals surface area contributed by atoms with Crippen molar-refractivity contribution in [3.63, 3.8) is 0 Å². The fourth-order valence-corrected chi connectivity index (χ4v) is 7.06.